The summed E-state index contributed by atoms with van der Waals surface area (Å²) in [5, 5.41) is 7.39. The number of aromatic nitrogens is 2. The topological polar surface area (TPSA) is 88.6 Å². The van der Waals surface area contributed by atoms with Gasteiger partial charge in [0.2, 0.25) is 0 Å². The van der Waals surface area contributed by atoms with Crippen LogP contribution in [0.4, 0.5) is 22.0 Å². The van der Waals surface area contributed by atoms with Crippen molar-refractivity contribution < 1.29 is 14.3 Å². The second-order valence-corrected chi connectivity index (χ2v) is 7.95. The summed E-state index contributed by atoms with van der Waals surface area (Å²) in [6.45, 7) is 5.92. The molecule has 0 saturated carbocycles. The van der Waals surface area contributed by atoms with Crippen molar-refractivity contribution in [1.29, 1.82) is 0 Å². The number of amides is 1. The van der Waals surface area contributed by atoms with E-state index in [1.54, 1.807) is 12.0 Å². The predicted octanol–water partition coefficient (Wildman–Crippen LogP) is 3.30. The van der Waals surface area contributed by atoms with E-state index in [0.29, 0.717) is 36.9 Å². The number of hydrogen-bond donors (Lipinski definition) is 2. The van der Waals surface area contributed by atoms with Gasteiger partial charge in [-0.25, -0.2) is 14.8 Å². The van der Waals surface area contributed by atoms with Crippen molar-refractivity contribution >= 4 is 34.2 Å². The van der Waals surface area contributed by atoms with Crippen LogP contribution in [-0.4, -0.2) is 48.4 Å². The number of fused-ring (bicyclic) bond motifs is 1. The first kappa shape index (κ1) is 18.6. The minimum atomic E-state index is -0.454. The van der Waals surface area contributed by atoms with E-state index in [4.69, 9.17) is 9.47 Å². The van der Waals surface area contributed by atoms with E-state index in [1.165, 1.54) is 11.9 Å². The van der Waals surface area contributed by atoms with Gasteiger partial charge in [-0.2, -0.15) is 0 Å². The zero-order chi connectivity index (χ0) is 20.9. The molecule has 1 spiro atoms. The molecule has 2 N–H and O–H groups in total. The maximum absolute atomic E-state index is 12.6. The van der Waals surface area contributed by atoms with Gasteiger partial charge in [0.05, 0.1) is 24.9 Å². The third-order valence-corrected chi connectivity index (χ3v) is 5.73. The SMILES string of the molecule is COc1cc2ncnc(Nc3ccc(C)cc3C)c2cc1N1CC2(CNC2)OC1=O. The van der Waals surface area contributed by atoms with Crippen LogP contribution in [0.25, 0.3) is 10.9 Å². The predicted molar refractivity (Wildman–Crippen MR) is 115 cm³/mol. The van der Waals surface area contributed by atoms with Crippen molar-refractivity contribution in [3.8, 4) is 5.75 Å². The summed E-state index contributed by atoms with van der Waals surface area (Å²) in [4.78, 5) is 23.1. The first-order chi connectivity index (χ1) is 14.5. The number of ether oxygens (including phenoxy) is 2. The molecule has 2 aliphatic heterocycles. The fraction of sp³-hybridized carbons (Fsp3) is 0.318. The number of benzene rings is 2. The summed E-state index contributed by atoms with van der Waals surface area (Å²) in [5.74, 6) is 1.24. The lowest BCUT2D eigenvalue weighted by Crippen LogP contribution is -2.61. The molecule has 1 aromatic heterocycles. The first-order valence-corrected chi connectivity index (χ1v) is 9.86. The number of carbonyl (C=O) groups excluding carboxylic acids is 1. The number of rotatable bonds is 4. The van der Waals surface area contributed by atoms with Gasteiger partial charge < -0.3 is 20.1 Å². The Bertz CT molecular complexity index is 1160. The van der Waals surface area contributed by atoms with Crippen LogP contribution in [0.15, 0.2) is 36.7 Å². The Hall–Kier alpha value is -3.39. The average Bonchev–Trinajstić information content (AvgIpc) is 3.07. The fourth-order valence-corrected chi connectivity index (χ4v) is 4.02. The van der Waals surface area contributed by atoms with E-state index < -0.39 is 5.60 Å². The molecule has 0 aliphatic carbocycles. The summed E-state index contributed by atoms with van der Waals surface area (Å²) in [7, 11) is 1.59. The second kappa shape index (κ2) is 6.84. The lowest BCUT2D eigenvalue weighted by Gasteiger charge is -2.36. The maximum Gasteiger partial charge on any atom is 0.415 e. The molecule has 3 heterocycles. The van der Waals surface area contributed by atoms with Gasteiger partial charge in [-0.05, 0) is 31.5 Å². The molecule has 30 heavy (non-hydrogen) atoms. The molecule has 0 atom stereocenters. The molecule has 2 aromatic carbocycles. The normalized spacial score (nSPS) is 17.2. The van der Waals surface area contributed by atoms with Crippen molar-refractivity contribution in [3.63, 3.8) is 0 Å². The lowest BCUT2D eigenvalue weighted by atomic mass is 9.97. The van der Waals surface area contributed by atoms with Gasteiger partial charge in [-0.3, -0.25) is 4.90 Å². The first-order valence-electron chi connectivity index (χ1n) is 9.86. The summed E-state index contributed by atoms with van der Waals surface area (Å²) in [6.07, 6.45) is 1.15. The van der Waals surface area contributed by atoms with E-state index in [0.717, 1.165) is 22.2 Å². The molecule has 8 nitrogen and oxygen atoms in total. The zero-order valence-electron chi connectivity index (χ0n) is 17.2. The quantitative estimate of drug-likeness (QED) is 0.688. The highest BCUT2D eigenvalue weighted by Gasteiger charge is 2.50. The van der Waals surface area contributed by atoms with E-state index in [2.05, 4.69) is 46.6 Å². The van der Waals surface area contributed by atoms with E-state index in [1.807, 2.05) is 18.2 Å². The van der Waals surface area contributed by atoms with Gasteiger partial charge >= 0.3 is 6.09 Å². The summed E-state index contributed by atoms with van der Waals surface area (Å²) >= 11 is 0. The summed E-state index contributed by atoms with van der Waals surface area (Å²) < 4.78 is 11.2. The Labute approximate surface area is 174 Å². The molecule has 3 aromatic rings. The molecule has 0 radical (unpaired) electrons. The number of hydrogen-bond acceptors (Lipinski definition) is 7. The van der Waals surface area contributed by atoms with Crippen LogP contribution in [0.3, 0.4) is 0 Å². The van der Waals surface area contributed by atoms with Crippen LogP contribution in [0.1, 0.15) is 11.1 Å². The van der Waals surface area contributed by atoms with Crippen LogP contribution in [0.5, 0.6) is 5.75 Å². The van der Waals surface area contributed by atoms with Crippen LogP contribution < -0.4 is 20.3 Å². The minimum absolute atomic E-state index is 0.366. The summed E-state index contributed by atoms with van der Waals surface area (Å²) in [6, 6.07) is 9.93. The highest BCUT2D eigenvalue weighted by Crippen LogP contribution is 2.39. The van der Waals surface area contributed by atoms with Crippen molar-refractivity contribution in [2.75, 3.05) is 37.0 Å². The Morgan fingerprint density at radius 1 is 1.20 bits per heavy atom. The van der Waals surface area contributed by atoms with Gasteiger partial charge in [0, 0.05) is 30.2 Å². The van der Waals surface area contributed by atoms with E-state index >= 15 is 0 Å². The van der Waals surface area contributed by atoms with Crippen molar-refractivity contribution in [2.45, 2.75) is 19.4 Å². The van der Waals surface area contributed by atoms with Crippen LogP contribution in [0.2, 0.25) is 0 Å². The van der Waals surface area contributed by atoms with Crippen molar-refractivity contribution in [1.82, 2.24) is 15.3 Å². The third-order valence-electron chi connectivity index (χ3n) is 5.73. The summed E-state index contributed by atoms with van der Waals surface area (Å²) in [5.41, 5.74) is 4.22. The van der Waals surface area contributed by atoms with Gasteiger partial charge in [-0.1, -0.05) is 17.7 Å². The molecule has 1 amide bonds. The number of nitrogens with zero attached hydrogens (tertiary/aromatic N) is 3. The Morgan fingerprint density at radius 3 is 2.70 bits per heavy atom. The largest absolute Gasteiger partial charge is 0.494 e. The molecule has 5 rings (SSSR count). The third kappa shape index (κ3) is 3.00. The second-order valence-electron chi connectivity index (χ2n) is 7.95. The zero-order valence-corrected chi connectivity index (χ0v) is 17.2. The molecule has 2 aliphatic rings. The number of anilines is 3. The van der Waals surface area contributed by atoms with Crippen LogP contribution in [0, 0.1) is 13.8 Å². The molecule has 8 heteroatoms. The maximum atomic E-state index is 12.6. The molecule has 0 bridgehead atoms. The molecular weight excluding hydrogens is 382 g/mol. The average molecular weight is 405 g/mol. The highest BCUT2D eigenvalue weighted by atomic mass is 16.6. The van der Waals surface area contributed by atoms with Gasteiger partial charge in [0.1, 0.15) is 17.9 Å². The fourth-order valence-electron chi connectivity index (χ4n) is 4.02. The van der Waals surface area contributed by atoms with E-state index in [9.17, 15) is 4.79 Å². The number of nitrogens with one attached hydrogen (secondary N) is 2. The minimum Gasteiger partial charge on any atom is -0.494 e. The smallest absolute Gasteiger partial charge is 0.415 e. The standard InChI is InChI=1S/C22H23N5O3/c1-13-4-5-16(14(2)6-13)26-20-15-7-18(19(29-3)8-17(15)24-12-25-20)27-11-22(9-23-10-22)30-21(27)28/h4-8,12,23H,9-11H2,1-3H3,(H,24,25,26). The molecule has 0 unspecified atom stereocenters. The Morgan fingerprint density at radius 2 is 2.03 bits per heavy atom. The van der Waals surface area contributed by atoms with Crippen LogP contribution >= 0.6 is 0 Å². The number of aryl methyl sites for hydroxylation is 2. The number of carbonyl (C=O) groups is 1. The van der Waals surface area contributed by atoms with Gasteiger partial charge in [0.15, 0.2) is 5.60 Å². The van der Waals surface area contributed by atoms with Gasteiger partial charge in [0.25, 0.3) is 0 Å². The van der Waals surface area contributed by atoms with Gasteiger partial charge in [-0.15, -0.1) is 0 Å². The molecular formula is C22H23N5O3. The van der Waals surface area contributed by atoms with Crippen molar-refractivity contribution in [2.24, 2.45) is 0 Å². The molecule has 2 fully saturated rings. The highest BCUT2D eigenvalue weighted by molar-refractivity contribution is 6.00. The Kier molecular flexibility index (Phi) is 4.25. The monoisotopic (exact) mass is 405 g/mol. The van der Waals surface area contributed by atoms with E-state index in [-0.39, 0.29) is 6.09 Å². The number of methoxy groups -OCH3 is 1. The van der Waals surface area contributed by atoms with Crippen LogP contribution in [-0.2, 0) is 4.74 Å². The Balaban J connectivity index is 1.58. The molecule has 154 valence electrons. The van der Waals surface area contributed by atoms with Crippen molar-refractivity contribution in [3.05, 3.63) is 47.8 Å². The lowest BCUT2D eigenvalue weighted by molar-refractivity contribution is 0.0142. The molecule has 2 saturated heterocycles.